The van der Waals surface area contributed by atoms with Crippen LogP contribution in [0.4, 0.5) is 5.69 Å². The summed E-state index contributed by atoms with van der Waals surface area (Å²) in [4.78, 5) is 11.9. The van der Waals surface area contributed by atoms with Gasteiger partial charge in [0.15, 0.2) is 5.58 Å². The Morgan fingerprint density at radius 1 is 1.05 bits per heavy atom. The number of halogens is 1. The molecule has 10 heteroatoms. The molecule has 1 aromatic heterocycles. The zero-order valence-corrected chi connectivity index (χ0v) is 21.6. The van der Waals surface area contributed by atoms with E-state index >= 15 is 0 Å². The number of carboxylic acid groups (broad SMARTS) is 1. The van der Waals surface area contributed by atoms with Crippen molar-refractivity contribution < 1.29 is 19.2 Å². The molecular weight excluding hydrogens is 518 g/mol. The smallest absolute Gasteiger partial charge is 0.336 e. The molecule has 5 rings (SSSR count). The van der Waals surface area contributed by atoms with E-state index in [1.807, 2.05) is 36.4 Å². The minimum atomic E-state index is -0.999. The van der Waals surface area contributed by atoms with Crippen LogP contribution in [0.5, 0.6) is 5.75 Å². The van der Waals surface area contributed by atoms with Crippen LogP contribution in [0, 0.1) is 0 Å². The van der Waals surface area contributed by atoms with Gasteiger partial charge in [-0.1, -0.05) is 41.0 Å². The Balaban J connectivity index is 1.49. The van der Waals surface area contributed by atoms with Gasteiger partial charge in [-0.15, -0.1) is 0 Å². The zero-order chi connectivity index (χ0) is 27.5. The first kappa shape index (κ1) is 25.8. The minimum Gasteiger partial charge on any atom is -0.497 e. The van der Waals surface area contributed by atoms with Crippen LogP contribution in [0.1, 0.15) is 21.6 Å². The number of methoxy groups -OCH3 is 1. The third kappa shape index (κ3) is 5.26. The van der Waals surface area contributed by atoms with Gasteiger partial charge in [0.05, 0.1) is 24.1 Å². The fourth-order valence-electron chi connectivity index (χ4n) is 4.47. The standard InChI is InChI=1S/C29H24ClN5O4/c1-38-21-7-3-18(4-8-21)24-12-17(2-9-22(24)29(36)37)13-26-23-10-5-19(14-28(23)39-34-26)25-15-20(30)6-11-27(25)35(32)16-33-31/h2-12,14-16H,13,31-32H2,1H3,(H,36,37)/b33-16-. The molecule has 0 aliphatic heterocycles. The molecule has 0 aliphatic carbocycles. The normalized spacial score (nSPS) is 11.3. The van der Waals surface area contributed by atoms with Crippen LogP contribution in [-0.4, -0.2) is 29.7 Å². The van der Waals surface area contributed by atoms with Crippen molar-refractivity contribution in [3.63, 3.8) is 0 Å². The molecule has 0 spiro atoms. The molecule has 5 aromatic rings. The molecule has 39 heavy (non-hydrogen) atoms. The van der Waals surface area contributed by atoms with E-state index in [9.17, 15) is 9.90 Å². The quantitative estimate of drug-likeness (QED) is 0.0983. The van der Waals surface area contributed by atoms with Crippen LogP contribution in [0.3, 0.4) is 0 Å². The Hall–Kier alpha value is -4.86. The van der Waals surface area contributed by atoms with Crippen molar-refractivity contribution in [3.8, 4) is 28.0 Å². The lowest BCUT2D eigenvalue weighted by Gasteiger charge is -2.17. The largest absolute Gasteiger partial charge is 0.497 e. The van der Waals surface area contributed by atoms with E-state index in [0.29, 0.717) is 34.0 Å². The van der Waals surface area contributed by atoms with Crippen molar-refractivity contribution in [2.24, 2.45) is 16.8 Å². The molecular formula is C29H24ClN5O4. The minimum absolute atomic E-state index is 0.213. The number of aromatic nitrogens is 1. The first-order valence-electron chi connectivity index (χ1n) is 11.8. The number of nitrogens with zero attached hydrogens (tertiary/aromatic N) is 3. The third-order valence-electron chi connectivity index (χ3n) is 6.37. The van der Waals surface area contributed by atoms with Crippen LogP contribution >= 0.6 is 11.6 Å². The van der Waals surface area contributed by atoms with Gasteiger partial charge in [0, 0.05) is 22.4 Å². The Morgan fingerprint density at radius 3 is 2.54 bits per heavy atom. The van der Waals surface area contributed by atoms with Crippen molar-refractivity contribution in [3.05, 3.63) is 101 Å². The summed E-state index contributed by atoms with van der Waals surface area (Å²) in [5.41, 5.74) is 6.02. The number of fused-ring (bicyclic) bond motifs is 1. The summed E-state index contributed by atoms with van der Waals surface area (Å²) in [6, 6.07) is 23.6. The average Bonchev–Trinajstić information content (AvgIpc) is 3.34. The van der Waals surface area contributed by atoms with E-state index in [1.54, 1.807) is 49.6 Å². The number of hydrogen-bond acceptors (Lipinski definition) is 7. The Bertz CT molecular complexity index is 1700. The number of nitrogens with two attached hydrogens (primary N) is 2. The summed E-state index contributed by atoms with van der Waals surface area (Å²) >= 11 is 6.27. The number of hydrazone groups is 1. The van der Waals surface area contributed by atoms with E-state index in [1.165, 1.54) is 11.3 Å². The molecule has 0 radical (unpaired) electrons. The van der Waals surface area contributed by atoms with Crippen LogP contribution in [0.25, 0.3) is 33.2 Å². The summed E-state index contributed by atoms with van der Waals surface area (Å²) < 4.78 is 10.9. The number of rotatable bonds is 8. The third-order valence-corrected chi connectivity index (χ3v) is 6.61. The second-order valence-electron chi connectivity index (χ2n) is 8.76. The van der Waals surface area contributed by atoms with Gasteiger partial charge in [0.1, 0.15) is 12.1 Å². The lowest BCUT2D eigenvalue weighted by molar-refractivity contribution is 0.0697. The number of aromatic carboxylic acids is 1. The SMILES string of the molecule is COc1ccc(-c2cc(Cc3noc4cc(-c5cc(Cl)ccc5N(N)/C=N\N)ccc34)ccc2C(=O)O)cc1. The molecule has 0 aliphatic rings. The summed E-state index contributed by atoms with van der Waals surface area (Å²) in [7, 11) is 1.58. The molecule has 0 amide bonds. The predicted molar refractivity (Wildman–Crippen MR) is 152 cm³/mol. The van der Waals surface area contributed by atoms with Crippen molar-refractivity contribution in [2.75, 3.05) is 12.1 Å². The van der Waals surface area contributed by atoms with Crippen molar-refractivity contribution in [1.82, 2.24) is 5.16 Å². The van der Waals surface area contributed by atoms with E-state index in [-0.39, 0.29) is 5.56 Å². The van der Waals surface area contributed by atoms with Crippen LogP contribution in [-0.2, 0) is 6.42 Å². The summed E-state index contributed by atoms with van der Waals surface area (Å²) in [6.45, 7) is 0. The van der Waals surface area contributed by atoms with Gasteiger partial charge in [-0.2, -0.15) is 5.10 Å². The molecule has 0 atom stereocenters. The highest BCUT2D eigenvalue weighted by Gasteiger charge is 2.17. The van der Waals surface area contributed by atoms with Gasteiger partial charge in [-0.25, -0.2) is 10.6 Å². The van der Waals surface area contributed by atoms with E-state index < -0.39 is 5.97 Å². The highest BCUT2D eigenvalue weighted by Crippen LogP contribution is 2.35. The number of anilines is 1. The lowest BCUT2D eigenvalue weighted by atomic mass is 9.95. The van der Waals surface area contributed by atoms with E-state index in [4.69, 9.17) is 32.5 Å². The Kier molecular flexibility index (Phi) is 7.18. The molecule has 0 unspecified atom stereocenters. The number of carboxylic acids is 1. The fourth-order valence-corrected chi connectivity index (χ4v) is 4.65. The molecule has 0 bridgehead atoms. The van der Waals surface area contributed by atoms with Gasteiger partial charge >= 0.3 is 5.97 Å². The number of hydrazine groups is 1. The highest BCUT2D eigenvalue weighted by atomic mass is 35.5. The summed E-state index contributed by atoms with van der Waals surface area (Å²) in [6.07, 6.45) is 1.75. The second-order valence-corrected chi connectivity index (χ2v) is 9.20. The topological polar surface area (TPSA) is 140 Å². The lowest BCUT2D eigenvalue weighted by Crippen LogP contribution is -2.30. The maximum absolute atomic E-state index is 11.9. The van der Waals surface area contributed by atoms with Gasteiger partial charge in [0.25, 0.3) is 0 Å². The second kappa shape index (κ2) is 10.9. The Labute approximate surface area is 228 Å². The first-order chi connectivity index (χ1) is 18.9. The zero-order valence-electron chi connectivity index (χ0n) is 20.8. The summed E-state index contributed by atoms with van der Waals surface area (Å²) in [5.74, 6) is 11.0. The molecule has 4 aromatic carbocycles. The van der Waals surface area contributed by atoms with Crippen molar-refractivity contribution in [1.29, 1.82) is 0 Å². The molecule has 9 nitrogen and oxygen atoms in total. The van der Waals surface area contributed by atoms with Crippen LogP contribution in [0.15, 0.2) is 88.5 Å². The Morgan fingerprint density at radius 2 is 1.82 bits per heavy atom. The molecule has 196 valence electrons. The first-order valence-corrected chi connectivity index (χ1v) is 12.2. The molecule has 1 heterocycles. The maximum Gasteiger partial charge on any atom is 0.336 e. The van der Waals surface area contributed by atoms with Crippen LogP contribution in [0.2, 0.25) is 5.02 Å². The predicted octanol–water partition coefficient (Wildman–Crippen LogP) is 5.69. The van der Waals surface area contributed by atoms with Crippen LogP contribution < -0.4 is 21.4 Å². The molecule has 0 saturated carbocycles. The monoisotopic (exact) mass is 541 g/mol. The average molecular weight is 542 g/mol. The number of benzene rings is 4. The van der Waals surface area contributed by atoms with E-state index in [2.05, 4.69) is 10.3 Å². The van der Waals surface area contributed by atoms with Gasteiger partial charge in [0.2, 0.25) is 0 Å². The highest BCUT2D eigenvalue weighted by molar-refractivity contribution is 6.31. The van der Waals surface area contributed by atoms with Gasteiger partial charge in [-0.05, 0) is 76.9 Å². The van der Waals surface area contributed by atoms with Crippen molar-refractivity contribution in [2.45, 2.75) is 6.42 Å². The fraction of sp³-hybridized carbons (Fsp3) is 0.0690. The van der Waals surface area contributed by atoms with Crippen molar-refractivity contribution >= 4 is 40.6 Å². The van der Waals surface area contributed by atoms with Gasteiger partial charge in [-0.3, -0.25) is 5.01 Å². The van der Waals surface area contributed by atoms with Gasteiger partial charge < -0.3 is 20.2 Å². The van der Waals surface area contributed by atoms with E-state index in [0.717, 1.165) is 33.3 Å². The summed E-state index contributed by atoms with van der Waals surface area (Å²) in [5, 5.41) is 20.2. The maximum atomic E-state index is 11.9. The molecule has 0 saturated heterocycles. The number of ether oxygens (including phenoxy) is 1. The number of carbonyl (C=O) groups is 1. The number of hydrogen-bond donors (Lipinski definition) is 3. The molecule has 0 fully saturated rings. The molecule has 5 N–H and O–H groups in total.